The minimum absolute atomic E-state index is 0.130. The molecule has 0 atom stereocenters. The number of aromatic nitrogens is 1. The maximum Gasteiger partial charge on any atom is 0.0743 e. The fourth-order valence-corrected chi connectivity index (χ4v) is 1.66. The van der Waals surface area contributed by atoms with Crippen LogP contribution in [0.3, 0.4) is 0 Å². The number of anilines is 2. The molecule has 5 nitrogen and oxygen atoms in total. The van der Waals surface area contributed by atoms with Crippen molar-refractivity contribution in [1.82, 2.24) is 4.98 Å². The van der Waals surface area contributed by atoms with E-state index in [1.807, 2.05) is 6.07 Å². The first-order valence-corrected chi connectivity index (χ1v) is 5.37. The molecule has 0 bridgehead atoms. The highest BCUT2D eigenvalue weighted by Gasteiger charge is 2.08. The van der Waals surface area contributed by atoms with Crippen LogP contribution in [0, 0.1) is 0 Å². The predicted octanol–water partition coefficient (Wildman–Crippen LogP) is 0.582. The molecular weight excluding hydrogens is 218 g/mol. The Labute approximate surface area is 98.9 Å². The van der Waals surface area contributed by atoms with Gasteiger partial charge >= 0.3 is 0 Å². The van der Waals surface area contributed by atoms with Crippen molar-refractivity contribution in [2.75, 3.05) is 24.3 Å². The Balaban J connectivity index is 2.40. The molecule has 0 fully saturated rings. The lowest BCUT2D eigenvalue weighted by Crippen LogP contribution is -2.27. The highest BCUT2D eigenvalue weighted by Crippen LogP contribution is 2.23. The molecular formula is C12H15N3O2. The molecule has 2 rings (SSSR count). The van der Waals surface area contributed by atoms with Crippen molar-refractivity contribution in [3.8, 4) is 0 Å². The van der Waals surface area contributed by atoms with Crippen molar-refractivity contribution in [2.24, 2.45) is 0 Å². The second kappa shape index (κ2) is 4.99. The quantitative estimate of drug-likeness (QED) is 0.580. The summed E-state index contributed by atoms with van der Waals surface area (Å²) in [6.07, 6.45) is 1.66. The van der Waals surface area contributed by atoms with Crippen molar-refractivity contribution in [1.29, 1.82) is 0 Å². The van der Waals surface area contributed by atoms with E-state index in [4.69, 9.17) is 15.9 Å². The minimum atomic E-state index is -0.377. The van der Waals surface area contributed by atoms with Gasteiger partial charge in [-0.2, -0.15) is 0 Å². The van der Waals surface area contributed by atoms with Gasteiger partial charge in [0, 0.05) is 23.0 Å². The second-order valence-corrected chi connectivity index (χ2v) is 3.84. The van der Waals surface area contributed by atoms with Crippen LogP contribution in [0.15, 0.2) is 30.5 Å². The largest absolute Gasteiger partial charge is 0.399 e. The topological polar surface area (TPSA) is 91.4 Å². The fraction of sp³-hybridized carbons (Fsp3) is 0.250. The Morgan fingerprint density at radius 3 is 2.71 bits per heavy atom. The summed E-state index contributed by atoms with van der Waals surface area (Å²) in [4.78, 5) is 4.22. The van der Waals surface area contributed by atoms with Gasteiger partial charge in [0.2, 0.25) is 0 Å². The third kappa shape index (κ3) is 2.46. The Bertz CT molecular complexity index is 512. The molecule has 0 saturated carbocycles. The predicted molar refractivity (Wildman–Crippen MR) is 67.7 cm³/mol. The van der Waals surface area contributed by atoms with E-state index in [9.17, 15) is 0 Å². The monoisotopic (exact) mass is 233 g/mol. The number of aliphatic hydroxyl groups is 2. The Kier molecular flexibility index (Phi) is 3.41. The Morgan fingerprint density at radius 1 is 1.24 bits per heavy atom. The molecule has 1 heterocycles. The van der Waals surface area contributed by atoms with Crippen LogP contribution < -0.4 is 11.1 Å². The third-order valence-corrected chi connectivity index (χ3v) is 2.57. The maximum atomic E-state index is 9.05. The van der Waals surface area contributed by atoms with Crippen LogP contribution in [0.5, 0.6) is 0 Å². The molecule has 1 aromatic carbocycles. The van der Waals surface area contributed by atoms with Gasteiger partial charge in [0.25, 0.3) is 0 Å². The summed E-state index contributed by atoms with van der Waals surface area (Å²) in [6, 6.07) is 6.87. The van der Waals surface area contributed by atoms with E-state index >= 15 is 0 Å². The van der Waals surface area contributed by atoms with E-state index in [0.29, 0.717) is 5.69 Å². The van der Waals surface area contributed by atoms with Gasteiger partial charge in [-0.15, -0.1) is 0 Å². The standard InChI is InChI=1S/C12H15N3O2/c13-8-1-2-10-11(15-9(6-16)7-17)3-4-14-12(10)5-8/h1-5,9,16-17H,6-7,13H2,(H,14,15). The van der Waals surface area contributed by atoms with Gasteiger partial charge in [-0.25, -0.2) is 0 Å². The summed E-state index contributed by atoms with van der Waals surface area (Å²) in [5.41, 5.74) is 7.95. The molecule has 0 amide bonds. The van der Waals surface area contributed by atoms with Crippen LogP contribution in [0.1, 0.15) is 0 Å². The van der Waals surface area contributed by atoms with Gasteiger partial charge in [0.1, 0.15) is 0 Å². The lowest BCUT2D eigenvalue weighted by molar-refractivity contribution is 0.204. The van der Waals surface area contributed by atoms with Gasteiger partial charge in [-0.05, 0) is 24.3 Å². The molecule has 90 valence electrons. The number of rotatable bonds is 4. The number of nitrogen functional groups attached to an aromatic ring is 1. The number of benzene rings is 1. The van der Waals surface area contributed by atoms with E-state index in [-0.39, 0.29) is 19.3 Å². The van der Waals surface area contributed by atoms with E-state index in [1.54, 1.807) is 24.4 Å². The Morgan fingerprint density at radius 2 is 2.00 bits per heavy atom. The van der Waals surface area contributed by atoms with Gasteiger partial charge < -0.3 is 21.3 Å². The first kappa shape index (κ1) is 11.6. The molecule has 0 saturated heterocycles. The zero-order valence-electron chi connectivity index (χ0n) is 9.30. The van der Waals surface area contributed by atoms with Crippen LogP contribution in [-0.2, 0) is 0 Å². The van der Waals surface area contributed by atoms with Crippen molar-refractivity contribution in [2.45, 2.75) is 6.04 Å². The molecule has 1 aromatic heterocycles. The van der Waals surface area contributed by atoms with E-state index < -0.39 is 0 Å². The summed E-state index contributed by atoms with van der Waals surface area (Å²) < 4.78 is 0. The van der Waals surface area contributed by atoms with Crippen LogP contribution in [-0.4, -0.2) is 34.5 Å². The van der Waals surface area contributed by atoms with Crippen molar-refractivity contribution >= 4 is 22.3 Å². The SMILES string of the molecule is Nc1ccc2c(NC(CO)CO)ccnc2c1. The van der Waals surface area contributed by atoms with Crippen molar-refractivity contribution < 1.29 is 10.2 Å². The average molecular weight is 233 g/mol. The summed E-state index contributed by atoms with van der Waals surface area (Å²) in [5, 5.41) is 22.1. The summed E-state index contributed by atoms with van der Waals surface area (Å²) >= 11 is 0. The van der Waals surface area contributed by atoms with Gasteiger partial charge in [0.05, 0.1) is 24.8 Å². The van der Waals surface area contributed by atoms with Crippen LogP contribution in [0.25, 0.3) is 10.9 Å². The minimum Gasteiger partial charge on any atom is -0.399 e. The van der Waals surface area contributed by atoms with Gasteiger partial charge in [-0.1, -0.05) is 0 Å². The van der Waals surface area contributed by atoms with Gasteiger partial charge in [-0.3, -0.25) is 4.98 Å². The smallest absolute Gasteiger partial charge is 0.0743 e. The molecule has 5 N–H and O–H groups in total. The number of hydrogen-bond donors (Lipinski definition) is 4. The van der Waals surface area contributed by atoms with E-state index in [2.05, 4.69) is 10.3 Å². The maximum absolute atomic E-state index is 9.05. The number of aliphatic hydroxyl groups excluding tert-OH is 2. The first-order chi connectivity index (χ1) is 8.24. The summed E-state index contributed by atoms with van der Waals surface area (Å²) in [5.74, 6) is 0. The van der Waals surface area contributed by atoms with Gasteiger partial charge in [0.15, 0.2) is 0 Å². The van der Waals surface area contributed by atoms with Crippen molar-refractivity contribution in [3.05, 3.63) is 30.5 Å². The molecule has 2 aromatic rings. The first-order valence-electron chi connectivity index (χ1n) is 5.37. The number of nitrogens with zero attached hydrogens (tertiary/aromatic N) is 1. The average Bonchev–Trinajstić information content (AvgIpc) is 2.35. The summed E-state index contributed by atoms with van der Waals surface area (Å²) in [6.45, 7) is -0.259. The van der Waals surface area contributed by atoms with E-state index in [0.717, 1.165) is 16.6 Å². The molecule has 0 spiro atoms. The lowest BCUT2D eigenvalue weighted by atomic mass is 10.1. The number of nitrogens with two attached hydrogens (primary N) is 1. The normalized spacial score (nSPS) is 11.0. The number of fused-ring (bicyclic) bond motifs is 1. The zero-order valence-corrected chi connectivity index (χ0v) is 9.30. The zero-order chi connectivity index (χ0) is 12.3. The van der Waals surface area contributed by atoms with Crippen LogP contribution in [0.2, 0.25) is 0 Å². The fourth-order valence-electron chi connectivity index (χ4n) is 1.66. The molecule has 0 unspecified atom stereocenters. The van der Waals surface area contributed by atoms with Crippen LogP contribution in [0.4, 0.5) is 11.4 Å². The van der Waals surface area contributed by atoms with Crippen LogP contribution >= 0.6 is 0 Å². The Hall–Kier alpha value is -1.85. The third-order valence-electron chi connectivity index (χ3n) is 2.57. The number of hydrogen-bond acceptors (Lipinski definition) is 5. The number of nitrogens with one attached hydrogen (secondary N) is 1. The van der Waals surface area contributed by atoms with E-state index in [1.165, 1.54) is 0 Å². The molecule has 0 aliphatic rings. The molecule has 0 aliphatic heterocycles. The highest BCUT2D eigenvalue weighted by molar-refractivity contribution is 5.92. The molecule has 0 aliphatic carbocycles. The molecule has 5 heteroatoms. The second-order valence-electron chi connectivity index (χ2n) is 3.84. The lowest BCUT2D eigenvalue weighted by Gasteiger charge is -2.16. The van der Waals surface area contributed by atoms with Crippen molar-refractivity contribution in [3.63, 3.8) is 0 Å². The summed E-state index contributed by atoms with van der Waals surface area (Å²) in [7, 11) is 0. The molecule has 0 radical (unpaired) electrons. The number of pyridine rings is 1. The highest BCUT2D eigenvalue weighted by atomic mass is 16.3. The molecule has 17 heavy (non-hydrogen) atoms.